The van der Waals surface area contributed by atoms with Crippen LogP contribution in [0.5, 0.6) is 11.5 Å². The van der Waals surface area contributed by atoms with Gasteiger partial charge in [0.1, 0.15) is 5.75 Å². The highest BCUT2D eigenvalue weighted by molar-refractivity contribution is 5.84. The molecule has 1 aromatic carbocycles. The van der Waals surface area contributed by atoms with Gasteiger partial charge in [-0.3, -0.25) is 0 Å². The number of nitrogens with zero attached hydrogens (tertiary/aromatic N) is 2. The molecule has 0 N–H and O–H groups in total. The Morgan fingerprint density at radius 1 is 0.900 bits per heavy atom. The van der Waals surface area contributed by atoms with E-state index in [1.807, 2.05) is 18.2 Å². The van der Waals surface area contributed by atoms with Crippen LogP contribution in [0.1, 0.15) is 52.4 Å². The lowest BCUT2D eigenvalue weighted by Crippen LogP contribution is -2.03. The van der Waals surface area contributed by atoms with E-state index >= 15 is 0 Å². The van der Waals surface area contributed by atoms with Crippen molar-refractivity contribution in [2.24, 2.45) is 0 Å². The van der Waals surface area contributed by atoms with Crippen LogP contribution < -0.4 is 9.47 Å². The molecule has 1 heterocycles. The number of rotatable bonds is 14. The molecule has 0 unspecified atom stereocenters. The number of carbonyl (C=O) groups is 1. The predicted molar refractivity (Wildman–Crippen MR) is 118 cm³/mol. The number of allylic oxidation sites excluding steroid dienone is 1. The van der Waals surface area contributed by atoms with Gasteiger partial charge < -0.3 is 14.2 Å². The van der Waals surface area contributed by atoms with Crippen LogP contribution in [0.3, 0.4) is 0 Å². The van der Waals surface area contributed by atoms with E-state index in [2.05, 4.69) is 23.8 Å². The first-order valence-electron chi connectivity index (χ1n) is 10.7. The largest absolute Gasteiger partial charge is 0.490 e. The van der Waals surface area contributed by atoms with Gasteiger partial charge in [-0.1, -0.05) is 32.8 Å². The van der Waals surface area contributed by atoms with Gasteiger partial charge in [-0.25, -0.2) is 14.8 Å². The van der Waals surface area contributed by atoms with Crippen molar-refractivity contribution >= 4 is 5.97 Å². The Hall–Kier alpha value is -2.73. The summed E-state index contributed by atoms with van der Waals surface area (Å²) < 4.78 is 16.4. The summed E-state index contributed by atoms with van der Waals surface area (Å²) in [6, 6.07) is 7.13. The molecular weight excluding hydrogens is 380 g/mol. The number of benzene rings is 1. The van der Waals surface area contributed by atoms with E-state index in [1.54, 1.807) is 24.5 Å². The highest BCUT2D eigenvalue weighted by Crippen LogP contribution is 2.20. The summed E-state index contributed by atoms with van der Waals surface area (Å²) in [5.74, 6) is 1.36. The highest BCUT2D eigenvalue weighted by atomic mass is 16.5. The van der Waals surface area contributed by atoms with E-state index in [0.717, 1.165) is 57.3 Å². The molecule has 1 aromatic heterocycles. The average molecular weight is 413 g/mol. The van der Waals surface area contributed by atoms with Crippen molar-refractivity contribution in [2.75, 3.05) is 19.8 Å². The smallest absolute Gasteiger partial charge is 0.335 e. The van der Waals surface area contributed by atoms with Crippen molar-refractivity contribution in [2.45, 2.75) is 52.4 Å². The fourth-order valence-corrected chi connectivity index (χ4v) is 2.61. The van der Waals surface area contributed by atoms with Gasteiger partial charge in [0.2, 0.25) is 0 Å². The van der Waals surface area contributed by atoms with Gasteiger partial charge in [-0.05, 0) is 49.9 Å². The van der Waals surface area contributed by atoms with Crippen LogP contribution in [0.2, 0.25) is 0 Å². The first-order valence-corrected chi connectivity index (χ1v) is 10.7. The molecule has 6 heteroatoms. The molecule has 0 aliphatic rings. The number of esters is 1. The molecule has 0 atom stereocenters. The van der Waals surface area contributed by atoms with Crippen molar-refractivity contribution in [3.63, 3.8) is 0 Å². The van der Waals surface area contributed by atoms with Crippen molar-refractivity contribution in [1.29, 1.82) is 0 Å². The minimum atomic E-state index is -0.367. The Bertz CT molecular complexity index is 758. The molecule has 0 radical (unpaired) electrons. The molecule has 0 bridgehead atoms. The molecule has 0 aliphatic heterocycles. The summed E-state index contributed by atoms with van der Waals surface area (Å²) in [5.41, 5.74) is 0.841. The fourth-order valence-electron chi connectivity index (χ4n) is 2.61. The second-order valence-electron chi connectivity index (χ2n) is 6.90. The van der Waals surface area contributed by atoms with E-state index in [-0.39, 0.29) is 5.97 Å². The normalized spacial score (nSPS) is 11.0. The molecule has 6 nitrogen and oxygen atoms in total. The molecule has 2 aromatic rings. The van der Waals surface area contributed by atoms with E-state index in [0.29, 0.717) is 23.9 Å². The minimum absolute atomic E-state index is 0.367. The van der Waals surface area contributed by atoms with Crippen LogP contribution in [-0.2, 0) is 9.53 Å². The molecule has 162 valence electrons. The Balaban J connectivity index is 1.76. The first-order chi connectivity index (χ1) is 14.7. The third kappa shape index (κ3) is 9.18. The third-order valence-electron chi connectivity index (χ3n) is 4.24. The lowest BCUT2D eigenvalue weighted by Gasteiger charge is -2.07. The van der Waals surface area contributed by atoms with Gasteiger partial charge in [0.25, 0.3) is 0 Å². The van der Waals surface area contributed by atoms with Crippen LogP contribution >= 0.6 is 0 Å². The average Bonchev–Trinajstić information content (AvgIpc) is 2.77. The second kappa shape index (κ2) is 14.3. The summed E-state index contributed by atoms with van der Waals surface area (Å²) in [6.07, 6.45) is 12.7. The number of hydrogen-bond donors (Lipinski definition) is 0. The van der Waals surface area contributed by atoms with Crippen LogP contribution in [0.15, 0.2) is 48.8 Å². The summed E-state index contributed by atoms with van der Waals surface area (Å²) in [4.78, 5) is 20.5. The molecule has 0 fully saturated rings. The molecule has 0 spiro atoms. The number of hydrogen-bond acceptors (Lipinski definition) is 6. The van der Waals surface area contributed by atoms with Crippen molar-refractivity contribution in [1.82, 2.24) is 9.97 Å². The summed E-state index contributed by atoms with van der Waals surface area (Å²) in [7, 11) is 0. The molecular formula is C24H32N2O4. The number of unbranched alkanes of at least 4 members (excludes halogenated alkanes) is 3. The number of carbonyl (C=O) groups excluding carboxylic acids is 1. The zero-order valence-electron chi connectivity index (χ0n) is 18.0. The Morgan fingerprint density at radius 3 is 2.33 bits per heavy atom. The molecule has 2 rings (SSSR count). The van der Waals surface area contributed by atoms with Crippen molar-refractivity contribution < 1.29 is 19.0 Å². The van der Waals surface area contributed by atoms with Gasteiger partial charge in [0, 0.05) is 24.9 Å². The molecule has 0 saturated carbocycles. The molecule has 0 saturated heterocycles. The number of aromatic nitrogens is 2. The van der Waals surface area contributed by atoms with Gasteiger partial charge in [0.15, 0.2) is 11.6 Å². The van der Waals surface area contributed by atoms with Crippen LogP contribution in [0.25, 0.3) is 11.4 Å². The third-order valence-corrected chi connectivity index (χ3v) is 4.24. The maximum absolute atomic E-state index is 11.8. The maximum atomic E-state index is 11.8. The Kier molecular flexibility index (Phi) is 11.2. The lowest BCUT2D eigenvalue weighted by molar-refractivity contribution is -0.129. The van der Waals surface area contributed by atoms with Gasteiger partial charge in [-0.15, -0.1) is 0 Å². The fraction of sp³-hybridized carbons (Fsp3) is 0.458. The second-order valence-corrected chi connectivity index (χ2v) is 6.90. The molecule has 0 amide bonds. The van der Waals surface area contributed by atoms with Crippen molar-refractivity contribution in [3.05, 3.63) is 48.8 Å². The van der Waals surface area contributed by atoms with E-state index in [4.69, 9.17) is 14.2 Å². The standard InChI is InChI=1S/C24H32N2O4/c1-3-5-6-7-10-23(27)30-21-13-11-20(12-14-21)24-25-18-22(19-26-24)29-17-9-8-16-28-15-4-2/h7,10-14,18-19H,3-6,8-9,15-17H2,1-2H3/b10-7+. The van der Waals surface area contributed by atoms with E-state index < -0.39 is 0 Å². The molecule has 0 aliphatic carbocycles. The highest BCUT2D eigenvalue weighted by Gasteiger charge is 2.05. The SMILES string of the molecule is CCCC/C=C/C(=O)Oc1ccc(-c2ncc(OCCCCOCCC)cn2)cc1. The van der Waals surface area contributed by atoms with Crippen LogP contribution in [0.4, 0.5) is 0 Å². The monoisotopic (exact) mass is 412 g/mol. The summed E-state index contributed by atoms with van der Waals surface area (Å²) in [6.45, 7) is 6.42. The topological polar surface area (TPSA) is 70.5 Å². The van der Waals surface area contributed by atoms with E-state index in [9.17, 15) is 4.79 Å². The van der Waals surface area contributed by atoms with Crippen molar-refractivity contribution in [3.8, 4) is 22.9 Å². The first kappa shape index (κ1) is 23.5. The van der Waals surface area contributed by atoms with Gasteiger partial charge in [-0.2, -0.15) is 0 Å². The Morgan fingerprint density at radius 2 is 1.63 bits per heavy atom. The van der Waals surface area contributed by atoms with Gasteiger partial charge >= 0.3 is 5.97 Å². The zero-order valence-corrected chi connectivity index (χ0v) is 18.0. The predicted octanol–water partition coefficient (Wildman–Crippen LogP) is 5.38. The Labute approximate surface area is 179 Å². The quantitative estimate of drug-likeness (QED) is 0.180. The van der Waals surface area contributed by atoms with E-state index in [1.165, 1.54) is 6.08 Å². The zero-order chi connectivity index (χ0) is 21.4. The summed E-state index contributed by atoms with van der Waals surface area (Å²) >= 11 is 0. The van der Waals surface area contributed by atoms with Gasteiger partial charge in [0.05, 0.1) is 19.0 Å². The molecule has 30 heavy (non-hydrogen) atoms. The summed E-state index contributed by atoms with van der Waals surface area (Å²) in [5, 5.41) is 0. The maximum Gasteiger partial charge on any atom is 0.335 e. The lowest BCUT2D eigenvalue weighted by atomic mass is 10.2. The minimum Gasteiger partial charge on any atom is -0.490 e. The number of ether oxygens (including phenoxy) is 3. The van der Waals surface area contributed by atoms with Crippen LogP contribution in [-0.4, -0.2) is 35.8 Å². The van der Waals surface area contributed by atoms with Crippen LogP contribution in [0, 0.1) is 0 Å².